The molecular formula is C16H22F2N2O3. The van der Waals surface area contributed by atoms with Crippen molar-refractivity contribution in [2.24, 2.45) is 5.92 Å². The molecule has 1 saturated heterocycles. The number of rotatable bonds is 6. The zero-order valence-corrected chi connectivity index (χ0v) is 13.1. The molecule has 1 amide bonds. The summed E-state index contributed by atoms with van der Waals surface area (Å²) in [5.41, 5.74) is 0.481. The molecule has 1 aromatic carbocycles. The zero-order valence-electron chi connectivity index (χ0n) is 13.1. The van der Waals surface area contributed by atoms with Crippen LogP contribution in [-0.4, -0.2) is 39.4 Å². The van der Waals surface area contributed by atoms with Crippen molar-refractivity contribution in [1.29, 1.82) is 0 Å². The Morgan fingerprint density at radius 1 is 1.39 bits per heavy atom. The third-order valence-corrected chi connectivity index (χ3v) is 3.83. The van der Waals surface area contributed by atoms with Crippen molar-refractivity contribution in [1.82, 2.24) is 10.6 Å². The van der Waals surface area contributed by atoms with Gasteiger partial charge >= 0.3 is 6.09 Å². The number of piperidine rings is 1. The molecule has 1 aliphatic rings. The summed E-state index contributed by atoms with van der Waals surface area (Å²) in [6.07, 6.45) is 0.942. The molecule has 5 nitrogen and oxygen atoms in total. The van der Waals surface area contributed by atoms with Crippen LogP contribution in [0.25, 0.3) is 0 Å². The van der Waals surface area contributed by atoms with Crippen LogP contribution in [0.3, 0.4) is 0 Å². The highest BCUT2D eigenvalue weighted by Gasteiger charge is 2.26. The number of amides is 1. The second-order valence-corrected chi connectivity index (χ2v) is 5.52. The lowest BCUT2D eigenvalue weighted by atomic mass is 9.89. The third-order valence-electron chi connectivity index (χ3n) is 3.83. The van der Waals surface area contributed by atoms with Gasteiger partial charge in [-0.25, -0.2) is 13.6 Å². The average molecular weight is 328 g/mol. The number of benzene rings is 1. The van der Waals surface area contributed by atoms with Gasteiger partial charge in [-0.15, -0.1) is 0 Å². The van der Waals surface area contributed by atoms with Crippen molar-refractivity contribution in [2.45, 2.75) is 18.9 Å². The van der Waals surface area contributed by atoms with E-state index in [1.165, 1.54) is 19.2 Å². The molecule has 0 saturated carbocycles. The Bertz CT molecular complexity index is 502. The Morgan fingerprint density at radius 2 is 2.13 bits per heavy atom. The van der Waals surface area contributed by atoms with Crippen molar-refractivity contribution < 1.29 is 23.0 Å². The van der Waals surface area contributed by atoms with E-state index in [-0.39, 0.29) is 19.1 Å². The Kier molecular flexibility index (Phi) is 6.73. The number of carbonyl (C=O) groups is 1. The van der Waals surface area contributed by atoms with Crippen molar-refractivity contribution in [2.75, 3.05) is 33.4 Å². The molecular weight excluding hydrogens is 306 g/mol. The minimum Gasteiger partial charge on any atom is -0.453 e. The van der Waals surface area contributed by atoms with Crippen LogP contribution in [0.15, 0.2) is 18.2 Å². The smallest absolute Gasteiger partial charge is 0.406 e. The lowest BCUT2D eigenvalue weighted by molar-refractivity contribution is 0.00439. The predicted molar refractivity (Wildman–Crippen MR) is 81.1 cm³/mol. The number of halogens is 2. The van der Waals surface area contributed by atoms with E-state index in [1.54, 1.807) is 0 Å². The standard InChI is InChI=1S/C16H22F2N2O3/c1-22-16(21)20-5-6-23-15(11-3-2-4-19-10-11)12-7-13(17)9-14(18)8-12/h7-9,11,15,19H,2-6,10H2,1H3,(H,20,21). The van der Waals surface area contributed by atoms with E-state index in [9.17, 15) is 13.6 Å². The van der Waals surface area contributed by atoms with Gasteiger partial charge in [0.05, 0.1) is 19.8 Å². The number of hydrogen-bond acceptors (Lipinski definition) is 4. The van der Waals surface area contributed by atoms with E-state index in [2.05, 4.69) is 15.4 Å². The SMILES string of the molecule is COC(=O)NCCOC(c1cc(F)cc(F)c1)C1CCCNC1. The highest BCUT2D eigenvalue weighted by Crippen LogP contribution is 2.31. The van der Waals surface area contributed by atoms with Crippen LogP contribution in [0.2, 0.25) is 0 Å². The van der Waals surface area contributed by atoms with Crippen molar-refractivity contribution in [3.8, 4) is 0 Å². The van der Waals surface area contributed by atoms with E-state index < -0.39 is 23.8 Å². The summed E-state index contributed by atoms with van der Waals surface area (Å²) >= 11 is 0. The number of hydrogen-bond donors (Lipinski definition) is 2. The van der Waals surface area contributed by atoms with Gasteiger partial charge in [0, 0.05) is 25.1 Å². The molecule has 0 aliphatic carbocycles. The Hall–Kier alpha value is -1.73. The summed E-state index contributed by atoms with van der Waals surface area (Å²) < 4.78 is 37.3. The Balaban J connectivity index is 2.03. The van der Waals surface area contributed by atoms with Crippen molar-refractivity contribution >= 4 is 6.09 Å². The lowest BCUT2D eigenvalue weighted by Gasteiger charge is -2.31. The largest absolute Gasteiger partial charge is 0.453 e. The van der Waals surface area contributed by atoms with Gasteiger partial charge < -0.3 is 20.1 Å². The van der Waals surface area contributed by atoms with Gasteiger partial charge in [0.15, 0.2) is 0 Å². The highest BCUT2D eigenvalue weighted by molar-refractivity contribution is 5.66. The molecule has 128 valence electrons. The molecule has 0 radical (unpaired) electrons. The fraction of sp³-hybridized carbons (Fsp3) is 0.562. The average Bonchev–Trinajstić information content (AvgIpc) is 2.54. The van der Waals surface area contributed by atoms with Gasteiger partial charge in [-0.1, -0.05) is 0 Å². The topological polar surface area (TPSA) is 59.6 Å². The summed E-state index contributed by atoms with van der Waals surface area (Å²) in [6.45, 7) is 2.16. The summed E-state index contributed by atoms with van der Waals surface area (Å²) in [5.74, 6) is -1.11. The van der Waals surface area contributed by atoms with Gasteiger partial charge in [-0.2, -0.15) is 0 Å². The molecule has 23 heavy (non-hydrogen) atoms. The van der Waals surface area contributed by atoms with Gasteiger partial charge in [-0.3, -0.25) is 0 Å². The predicted octanol–water partition coefficient (Wildman–Crippen LogP) is 2.38. The first-order valence-electron chi connectivity index (χ1n) is 7.70. The molecule has 7 heteroatoms. The van der Waals surface area contributed by atoms with Gasteiger partial charge in [0.2, 0.25) is 0 Å². The van der Waals surface area contributed by atoms with E-state index in [4.69, 9.17) is 4.74 Å². The maximum atomic E-state index is 13.5. The molecule has 2 rings (SSSR count). The van der Waals surface area contributed by atoms with E-state index in [0.29, 0.717) is 5.56 Å². The maximum absolute atomic E-state index is 13.5. The molecule has 2 N–H and O–H groups in total. The first-order valence-corrected chi connectivity index (χ1v) is 7.70. The second kappa shape index (κ2) is 8.79. The zero-order chi connectivity index (χ0) is 16.7. The Labute approximate surface area is 134 Å². The molecule has 2 unspecified atom stereocenters. The van der Waals surface area contributed by atoms with Crippen LogP contribution >= 0.6 is 0 Å². The van der Waals surface area contributed by atoms with Crippen LogP contribution < -0.4 is 10.6 Å². The van der Waals surface area contributed by atoms with Crippen molar-refractivity contribution in [3.63, 3.8) is 0 Å². The highest BCUT2D eigenvalue weighted by atomic mass is 19.1. The number of ether oxygens (including phenoxy) is 2. The number of methoxy groups -OCH3 is 1. The van der Waals surface area contributed by atoms with Crippen LogP contribution in [0, 0.1) is 17.6 Å². The molecule has 2 atom stereocenters. The molecule has 1 aliphatic heterocycles. The molecule has 1 fully saturated rings. The van der Waals surface area contributed by atoms with E-state index in [0.717, 1.165) is 32.0 Å². The van der Waals surface area contributed by atoms with Crippen LogP contribution in [0.1, 0.15) is 24.5 Å². The minimum absolute atomic E-state index is 0.128. The number of carbonyl (C=O) groups excluding carboxylic acids is 1. The van der Waals surface area contributed by atoms with Crippen LogP contribution in [-0.2, 0) is 9.47 Å². The fourth-order valence-electron chi connectivity index (χ4n) is 2.79. The first kappa shape index (κ1) is 17.6. The maximum Gasteiger partial charge on any atom is 0.406 e. The summed E-state index contributed by atoms with van der Waals surface area (Å²) in [6, 6.07) is 3.45. The summed E-state index contributed by atoms with van der Waals surface area (Å²) in [5, 5.41) is 5.79. The lowest BCUT2D eigenvalue weighted by Crippen LogP contribution is -2.35. The Morgan fingerprint density at radius 3 is 2.74 bits per heavy atom. The van der Waals surface area contributed by atoms with Gasteiger partial charge in [-0.05, 0) is 37.1 Å². The molecule has 1 aromatic rings. The minimum atomic E-state index is -0.620. The monoisotopic (exact) mass is 328 g/mol. The van der Waals surface area contributed by atoms with Crippen molar-refractivity contribution in [3.05, 3.63) is 35.4 Å². The third kappa shape index (κ3) is 5.44. The van der Waals surface area contributed by atoms with Gasteiger partial charge in [0.1, 0.15) is 11.6 Å². The molecule has 1 heterocycles. The number of nitrogens with one attached hydrogen (secondary N) is 2. The summed E-state index contributed by atoms with van der Waals surface area (Å²) in [4.78, 5) is 11.0. The fourth-order valence-corrected chi connectivity index (χ4v) is 2.79. The number of alkyl carbamates (subject to hydrolysis) is 1. The van der Waals surface area contributed by atoms with E-state index >= 15 is 0 Å². The summed E-state index contributed by atoms with van der Waals surface area (Å²) in [7, 11) is 1.28. The quantitative estimate of drug-likeness (QED) is 0.787. The molecule has 0 bridgehead atoms. The first-order chi connectivity index (χ1) is 11.1. The van der Waals surface area contributed by atoms with Gasteiger partial charge in [0.25, 0.3) is 0 Å². The van der Waals surface area contributed by atoms with Crippen LogP contribution in [0.5, 0.6) is 0 Å². The van der Waals surface area contributed by atoms with E-state index in [1.807, 2.05) is 0 Å². The van der Waals surface area contributed by atoms with Crippen LogP contribution in [0.4, 0.5) is 13.6 Å². The second-order valence-electron chi connectivity index (χ2n) is 5.52. The normalized spacial score (nSPS) is 19.2. The molecule has 0 spiro atoms. The molecule has 0 aromatic heterocycles.